The molecule has 0 bridgehead atoms. The van der Waals surface area contributed by atoms with Gasteiger partial charge < -0.3 is 5.11 Å². The van der Waals surface area contributed by atoms with Gasteiger partial charge >= 0.3 is 0 Å². The Hall–Kier alpha value is -1.08. The minimum atomic E-state index is -0.166. The topological polar surface area (TPSA) is 20.2 Å². The maximum absolute atomic E-state index is 9.73. The monoisotopic (exact) mass is 218 g/mol. The first-order valence-electron chi connectivity index (χ1n) is 6.05. The molecule has 0 aliphatic carbocycles. The van der Waals surface area contributed by atoms with Gasteiger partial charge in [0.15, 0.2) is 0 Å². The molecule has 0 aromatic heterocycles. The molecule has 0 spiro atoms. The van der Waals surface area contributed by atoms with E-state index >= 15 is 0 Å². The molecule has 16 heavy (non-hydrogen) atoms. The van der Waals surface area contributed by atoms with E-state index in [-0.39, 0.29) is 6.10 Å². The van der Waals surface area contributed by atoms with Crippen LogP contribution in [-0.2, 0) is 6.42 Å². The summed E-state index contributed by atoms with van der Waals surface area (Å²) >= 11 is 0. The van der Waals surface area contributed by atoms with Crippen molar-refractivity contribution < 1.29 is 5.11 Å². The number of hydrogen-bond donors (Lipinski definition) is 1. The summed E-state index contributed by atoms with van der Waals surface area (Å²) < 4.78 is 0. The first-order valence-corrected chi connectivity index (χ1v) is 6.05. The molecule has 0 aliphatic heterocycles. The summed E-state index contributed by atoms with van der Waals surface area (Å²) in [5.74, 6) is 0. The van der Waals surface area contributed by atoms with Crippen LogP contribution in [0.15, 0.2) is 42.5 Å². The highest BCUT2D eigenvalue weighted by atomic mass is 16.3. The SMILES string of the molecule is C=C(C)CCC(O)CCCc1ccccc1. The van der Waals surface area contributed by atoms with Crippen molar-refractivity contribution in [3.05, 3.63) is 48.0 Å². The van der Waals surface area contributed by atoms with E-state index in [1.165, 1.54) is 5.56 Å². The summed E-state index contributed by atoms with van der Waals surface area (Å²) in [5.41, 5.74) is 2.51. The highest BCUT2D eigenvalue weighted by Gasteiger charge is 2.03. The second-order valence-corrected chi connectivity index (χ2v) is 4.53. The van der Waals surface area contributed by atoms with Gasteiger partial charge in [0.2, 0.25) is 0 Å². The van der Waals surface area contributed by atoms with Crippen molar-refractivity contribution in [1.82, 2.24) is 0 Å². The van der Waals surface area contributed by atoms with Crippen molar-refractivity contribution in [2.75, 3.05) is 0 Å². The quantitative estimate of drug-likeness (QED) is 0.691. The summed E-state index contributed by atoms with van der Waals surface area (Å²) in [5, 5.41) is 9.73. The maximum Gasteiger partial charge on any atom is 0.0543 e. The lowest BCUT2D eigenvalue weighted by molar-refractivity contribution is 0.152. The van der Waals surface area contributed by atoms with E-state index in [2.05, 4.69) is 30.8 Å². The standard InChI is InChI=1S/C15H22O/c1-13(2)11-12-15(16)10-6-9-14-7-4-3-5-8-14/h3-5,7-8,15-16H,1,6,9-12H2,2H3. The van der Waals surface area contributed by atoms with Gasteiger partial charge in [0.1, 0.15) is 0 Å². The average molecular weight is 218 g/mol. The van der Waals surface area contributed by atoms with Crippen molar-refractivity contribution in [3.63, 3.8) is 0 Å². The molecular formula is C15H22O. The van der Waals surface area contributed by atoms with Gasteiger partial charge in [-0.2, -0.15) is 0 Å². The lowest BCUT2D eigenvalue weighted by Gasteiger charge is -2.10. The van der Waals surface area contributed by atoms with E-state index in [0.29, 0.717) is 0 Å². The third kappa shape index (κ3) is 5.72. The molecule has 1 nitrogen and oxygen atoms in total. The van der Waals surface area contributed by atoms with Crippen molar-refractivity contribution in [3.8, 4) is 0 Å². The molecule has 0 saturated heterocycles. The summed E-state index contributed by atoms with van der Waals surface area (Å²) in [7, 11) is 0. The smallest absolute Gasteiger partial charge is 0.0543 e. The molecule has 1 heteroatoms. The number of allylic oxidation sites excluding steroid dienone is 1. The van der Waals surface area contributed by atoms with E-state index in [9.17, 15) is 5.11 Å². The van der Waals surface area contributed by atoms with Crippen LogP contribution in [0.25, 0.3) is 0 Å². The van der Waals surface area contributed by atoms with Gasteiger partial charge in [0.25, 0.3) is 0 Å². The molecule has 0 radical (unpaired) electrons. The Bertz CT molecular complexity index is 302. The zero-order valence-corrected chi connectivity index (χ0v) is 10.2. The van der Waals surface area contributed by atoms with Crippen LogP contribution < -0.4 is 0 Å². The summed E-state index contributed by atoms with van der Waals surface area (Å²) in [6, 6.07) is 10.4. The molecule has 1 N–H and O–H groups in total. The highest BCUT2D eigenvalue weighted by molar-refractivity contribution is 5.14. The second kappa shape index (κ2) is 7.24. The van der Waals surface area contributed by atoms with Crippen LogP contribution in [0.2, 0.25) is 0 Å². The Morgan fingerprint density at radius 2 is 1.94 bits per heavy atom. The predicted octanol–water partition coefficient (Wildman–Crippen LogP) is 3.73. The normalized spacial score (nSPS) is 12.4. The van der Waals surface area contributed by atoms with Crippen molar-refractivity contribution in [1.29, 1.82) is 0 Å². The predicted molar refractivity (Wildman–Crippen MR) is 69.4 cm³/mol. The van der Waals surface area contributed by atoms with E-state index in [1.807, 2.05) is 13.0 Å². The van der Waals surface area contributed by atoms with Gasteiger partial charge in [-0.3, -0.25) is 0 Å². The van der Waals surface area contributed by atoms with Gasteiger partial charge in [-0.25, -0.2) is 0 Å². The van der Waals surface area contributed by atoms with E-state index in [4.69, 9.17) is 0 Å². The van der Waals surface area contributed by atoms with Gasteiger partial charge in [-0.05, 0) is 44.6 Å². The first kappa shape index (κ1) is 13.0. The van der Waals surface area contributed by atoms with E-state index in [0.717, 1.165) is 37.7 Å². The molecule has 1 rings (SSSR count). The Kier molecular flexibility index (Phi) is 5.87. The molecule has 1 unspecified atom stereocenters. The lowest BCUT2D eigenvalue weighted by Crippen LogP contribution is -2.06. The molecular weight excluding hydrogens is 196 g/mol. The van der Waals surface area contributed by atoms with Crippen LogP contribution in [0.1, 0.15) is 38.2 Å². The number of aliphatic hydroxyl groups is 1. The van der Waals surface area contributed by atoms with Gasteiger partial charge in [-0.1, -0.05) is 35.9 Å². The number of benzene rings is 1. The molecule has 1 aromatic rings. The second-order valence-electron chi connectivity index (χ2n) is 4.53. The Balaban J connectivity index is 2.13. The third-order valence-electron chi connectivity index (χ3n) is 2.75. The molecule has 0 fully saturated rings. The third-order valence-corrected chi connectivity index (χ3v) is 2.75. The van der Waals surface area contributed by atoms with Gasteiger partial charge in [-0.15, -0.1) is 6.58 Å². The number of aryl methyl sites for hydroxylation is 1. The lowest BCUT2D eigenvalue weighted by atomic mass is 10.0. The summed E-state index contributed by atoms with van der Waals surface area (Å²) in [6.07, 6.45) is 4.63. The van der Waals surface area contributed by atoms with Crippen LogP contribution >= 0.6 is 0 Å². The summed E-state index contributed by atoms with van der Waals surface area (Å²) in [4.78, 5) is 0. The largest absolute Gasteiger partial charge is 0.393 e. The van der Waals surface area contributed by atoms with Gasteiger partial charge in [0, 0.05) is 0 Å². The van der Waals surface area contributed by atoms with Crippen LogP contribution in [0, 0.1) is 0 Å². The molecule has 0 aliphatic rings. The molecule has 0 heterocycles. The van der Waals surface area contributed by atoms with Gasteiger partial charge in [0.05, 0.1) is 6.10 Å². The highest BCUT2D eigenvalue weighted by Crippen LogP contribution is 2.11. The fourth-order valence-electron chi connectivity index (χ4n) is 1.74. The molecule has 0 saturated carbocycles. The average Bonchev–Trinajstić information content (AvgIpc) is 2.28. The first-order chi connectivity index (χ1) is 7.68. The Morgan fingerprint density at radius 3 is 2.56 bits per heavy atom. The fourth-order valence-corrected chi connectivity index (χ4v) is 1.74. The molecule has 1 atom stereocenters. The number of hydrogen-bond acceptors (Lipinski definition) is 1. The Morgan fingerprint density at radius 1 is 1.25 bits per heavy atom. The molecule has 1 aromatic carbocycles. The van der Waals surface area contributed by atoms with Crippen molar-refractivity contribution in [2.45, 2.75) is 45.1 Å². The van der Waals surface area contributed by atoms with Crippen LogP contribution in [0.4, 0.5) is 0 Å². The van der Waals surface area contributed by atoms with E-state index < -0.39 is 0 Å². The zero-order valence-electron chi connectivity index (χ0n) is 10.2. The fraction of sp³-hybridized carbons (Fsp3) is 0.467. The number of rotatable bonds is 7. The zero-order chi connectivity index (χ0) is 11.8. The Labute approximate surface area is 98.8 Å². The molecule has 88 valence electrons. The minimum Gasteiger partial charge on any atom is -0.393 e. The van der Waals surface area contributed by atoms with Crippen molar-refractivity contribution >= 4 is 0 Å². The van der Waals surface area contributed by atoms with E-state index in [1.54, 1.807) is 0 Å². The van der Waals surface area contributed by atoms with Crippen LogP contribution in [-0.4, -0.2) is 11.2 Å². The van der Waals surface area contributed by atoms with Crippen molar-refractivity contribution in [2.24, 2.45) is 0 Å². The van der Waals surface area contributed by atoms with Crippen LogP contribution in [0.5, 0.6) is 0 Å². The number of aliphatic hydroxyl groups excluding tert-OH is 1. The maximum atomic E-state index is 9.73. The summed E-state index contributed by atoms with van der Waals surface area (Å²) in [6.45, 7) is 5.85. The van der Waals surface area contributed by atoms with Crippen LogP contribution in [0.3, 0.4) is 0 Å². The minimum absolute atomic E-state index is 0.166. The molecule has 0 amide bonds.